The first-order chi connectivity index (χ1) is 10.3. The second-order valence-corrected chi connectivity index (χ2v) is 6.95. The van der Waals surface area contributed by atoms with Gasteiger partial charge in [0.25, 0.3) is 0 Å². The molecule has 0 unspecified atom stereocenters. The molecule has 1 aromatic carbocycles. The van der Waals surface area contributed by atoms with E-state index in [1.165, 1.54) is 10.4 Å². The Morgan fingerprint density at radius 1 is 1.43 bits per heavy atom. The lowest BCUT2D eigenvalue weighted by molar-refractivity contribution is -0.129. The van der Waals surface area contributed by atoms with Gasteiger partial charge >= 0.3 is 0 Å². The van der Waals surface area contributed by atoms with E-state index in [0.717, 1.165) is 30.2 Å². The normalized spacial score (nSPS) is 13.9. The van der Waals surface area contributed by atoms with Crippen molar-refractivity contribution in [3.05, 3.63) is 46.2 Å². The Balaban J connectivity index is 1.57. The summed E-state index contributed by atoms with van der Waals surface area (Å²) < 4.78 is 5.20. The highest BCUT2D eigenvalue weighted by atomic mass is 32.2. The van der Waals surface area contributed by atoms with Crippen molar-refractivity contribution < 1.29 is 9.53 Å². The minimum atomic E-state index is 0.208. The van der Waals surface area contributed by atoms with Gasteiger partial charge in [-0.15, -0.1) is 23.1 Å². The van der Waals surface area contributed by atoms with E-state index in [9.17, 15) is 4.79 Å². The highest BCUT2D eigenvalue weighted by molar-refractivity contribution is 8.00. The quantitative estimate of drug-likeness (QED) is 0.809. The first-order valence-corrected chi connectivity index (χ1v) is 8.72. The molecule has 1 aromatic heterocycles. The molecular weight excluding hydrogens is 302 g/mol. The number of benzene rings is 1. The van der Waals surface area contributed by atoms with Crippen LogP contribution in [0.2, 0.25) is 0 Å². The van der Waals surface area contributed by atoms with E-state index in [4.69, 9.17) is 4.74 Å². The fourth-order valence-corrected chi connectivity index (χ4v) is 4.13. The van der Waals surface area contributed by atoms with Gasteiger partial charge in [0.15, 0.2) is 0 Å². The van der Waals surface area contributed by atoms with Crippen LogP contribution in [0.15, 0.2) is 40.6 Å². The summed E-state index contributed by atoms with van der Waals surface area (Å²) in [5, 5.41) is 2.11. The third kappa shape index (κ3) is 3.41. The number of amides is 1. The van der Waals surface area contributed by atoms with Crippen molar-refractivity contribution >= 4 is 29.0 Å². The molecule has 110 valence electrons. The largest absolute Gasteiger partial charge is 0.497 e. The predicted molar refractivity (Wildman–Crippen MR) is 87.2 cm³/mol. The molecule has 0 aliphatic carbocycles. The van der Waals surface area contributed by atoms with Crippen LogP contribution < -0.4 is 4.74 Å². The van der Waals surface area contributed by atoms with E-state index in [2.05, 4.69) is 11.4 Å². The number of fused-ring (bicyclic) bond motifs is 1. The summed E-state index contributed by atoms with van der Waals surface area (Å²) in [7, 11) is 1.65. The minimum Gasteiger partial charge on any atom is -0.497 e. The van der Waals surface area contributed by atoms with Crippen LogP contribution in [0.4, 0.5) is 0 Å². The Hall–Kier alpha value is -1.46. The molecule has 3 nitrogen and oxygen atoms in total. The average Bonchev–Trinajstić information content (AvgIpc) is 3.00. The molecule has 3 rings (SSSR count). The number of hydrogen-bond acceptors (Lipinski definition) is 4. The lowest BCUT2D eigenvalue weighted by Crippen LogP contribution is -2.36. The highest BCUT2D eigenvalue weighted by Gasteiger charge is 2.21. The van der Waals surface area contributed by atoms with Gasteiger partial charge in [0.1, 0.15) is 5.75 Å². The number of carbonyl (C=O) groups is 1. The SMILES string of the molecule is COc1cccc(SCC(=O)N2CCc3sccc3C2)c1. The summed E-state index contributed by atoms with van der Waals surface area (Å²) in [4.78, 5) is 16.8. The van der Waals surface area contributed by atoms with Crippen molar-refractivity contribution in [1.82, 2.24) is 4.90 Å². The van der Waals surface area contributed by atoms with Gasteiger partial charge in [0.2, 0.25) is 5.91 Å². The summed E-state index contributed by atoms with van der Waals surface area (Å²) in [6, 6.07) is 9.96. The van der Waals surface area contributed by atoms with Gasteiger partial charge in [-0.1, -0.05) is 6.07 Å². The zero-order valence-corrected chi connectivity index (χ0v) is 13.5. The number of nitrogens with zero attached hydrogens (tertiary/aromatic N) is 1. The molecule has 0 bridgehead atoms. The summed E-state index contributed by atoms with van der Waals surface area (Å²) in [6.07, 6.45) is 0.989. The van der Waals surface area contributed by atoms with E-state index < -0.39 is 0 Å². The van der Waals surface area contributed by atoms with E-state index in [1.54, 1.807) is 30.2 Å². The van der Waals surface area contributed by atoms with Crippen LogP contribution >= 0.6 is 23.1 Å². The lowest BCUT2D eigenvalue weighted by atomic mass is 10.1. The molecule has 0 radical (unpaired) electrons. The Kier molecular flexibility index (Phi) is 4.51. The van der Waals surface area contributed by atoms with Crippen molar-refractivity contribution in [3.63, 3.8) is 0 Å². The second kappa shape index (κ2) is 6.54. The van der Waals surface area contributed by atoms with Gasteiger partial charge in [-0.2, -0.15) is 0 Å². The molecule has 5 heteroatoms. The van der Waals surface area contributed by atoms with Crippen LogP contribution in [0, 0.1) is 0 Å². The third-order valence-electron chi connectivity index (χ3n) is 3.56. The van der Waals surface area contributed by atoms with Gasteiger partial charge in [0.05, 0.1) is 12.9 Å². The van der Waals surface area contributed by atoms with Crippen molar-refractivity contribution in [1.29, 1.82) is 0 Å². The fraction of sp³-hybridized carbons (Fsp3) is 0.312. The molecule has 2 heterocycles. The van der Waals surface area contributed by atoms with Gasteiger partial charge in [-0.05, 0) is 41.6 Å². The van der Waals surface area contributed by atoms with Gasteiger partial charge in [-0.25, -0.2) is 0 Å². The number of thioether (sulfide) groups is 1. The molecule has 0 saturated heterocycles. The van der Waals surface area contributed by atoms with E-state index in [0.29, 0.717) is 5.75 Å². The molecule has 0 saturated carbocycles. The molecular formula is C16H17NO2S2. The average molecular weight is 319 g/mol. The molecule has 2 aromatic rings. The topological polar surface area (TPSA) is 29.5 Å². The van der Waals surface area contributed by atoms with Crippen LogP contribution in [0.1, 0.15) is 10.4 Å². The fourth-order valence-electron chi connectivity index (χ4n) is 2.39. The zero-order valence-electron chi connectivity index (χ0n) is 11.9. The highest BCUT2D eigenvalue weighted by Crippen LogP contribution is 2.26. The maximum absolute atomic E-state index is 12.3. The van der Waals surface area contributed by atoms with Crippen LogP contribution in [0.5, 0.6) is 5.75 Å². The monoisotopic (exact) mass is 319 g/mol. The first kappa shape index (κ1) is 14.5. The standard InChI is InChI=1S/C16H17NO2S2/c1-19-13-3-2-4-14(9-13)21-11-16(18)17-7-5-15-12(10-17)6-8-20-15/h2-4,6,8-9H,5,7,10-11H2,1H3. The van der Waals surface area contributed by atoms with Crippen molar-refractivity contribution in [2.45, 2.75) is 17.9 Å². The second-order valence-electron chi connectivity index (χ2n) is 4.90. The van der Waals surface area contributed by atoms with Gasteiger partial charge in [0, 0.05) is 22.9 Å². The van der Waals surface area contributed by atoms with Crippen LogP contribution in [0.3, 0.4) is 0 Å². The number of hydrogen-bond donors (Lipinski definition) is 0. The van der Waals surface area contributed by atoms with Gasteiger partial charge < -0.3 is 9.64 Å². The van der Waals surface area contributed by atoms with Crippen molar-refractivity contribution in [3.8, 4) is 5.75 Å². The first-order valence-electron chi connectivity index (χ1n) is 6.86. The molecule has 1 aliphatic heterocycles. The van der Waals surface area contributed by atoms with Crippen molar-refractivity contribution in [2.75, 3.05) is 19.4 Å². The Labute approximate surface area is 132 Å². The lowest BCUT2D eigenvalue weighted by Gasteiger charge is -2.26. The maximum atomic E-state index is 12.3. The number of rotatable bonds is 4. The summed E-state index contributed by atoms with van der Waals surface area (Å²) in [5.74, 6) is 1.51. The van der Waals surface area contributed by atoms with Crippen LogP contribution in [-0.2, 0) is 17.8 Å². The zero-order chi connectivity index (χ0) is 14.7. The molecule has 21 heavy (non-hydrogen) atoms. The van der Waals surface area contributed by atoms with E-state index in [-0.39, 0.29) is 5.91 Å². The summed E-state index contributed by atoms with van der Waals surface area (Å²) in [5.41, 5.74) is 1.31. The smallest absolute Gasteiger partial charge is 0.233 e. The molecule has 0 atom stereocenters. The Morgan fingerprint density at radius 3 is 3.19 bits per heavy atom. The molecule has 1 aliphatic rings. The molecule has 0 spiro atoms. The number of ether oxygens (including phenoxy) is 1. The number of thiophene rings is 1. The minimum absolute atomic E-state index is 0.208. The van der Waals surface area contributed by atoms with Crippen LogP contribution in [-0.4, -0.2) is 30.2 Å². The van der Waals surface area contributed by atoms with Crippen molar-refractivity contribution in [2.24, 2.45) is 0 Å². The summed E-state index contributed by atoms with van der Waals surface area (Å²) in [6.45, 7) is 1.60. The number of methoxy groups -OCH3 is 1. The maximum Gasteiger partial charge on any atom is 0.233 e. The molecule has 0 N–H and O–H groups in total. The predicted octanol–water partition coefficient (Wildman–Crippen LogP) is 3.43. The Morgan fingerprint density at radius 2 is 2.33 bits per heavy atom. The van der Waals surface area contributed by atoms with E-state index >= 15 is 0 Å². The summed E-state index contributed by atoms with van der Waals surface area (Å²) >= 11 is 3.36. The Bertz CT molecular complexity index is 639. The molecule has 0 fully saturated rings. The van der Waals surface area contributed by atoms with Gasteiger partial charge in [-0.3, -0.25) is 4.79 Å². The third-order valence-corrected chi connectivity index (χ3v) is 5.57. The van der Waals surface area contributed by atoms with E-state index in [1.807, 2.05) is 29.2 Å². The van der Waals surface area contributed by atoms with Crippen LogP contribution in [0.25, 0.3) is 0 Å². The number of carbonyl (C=O) groups excluding carboxylic acids is 1. The molecule has 1 amide bonds.